The van der Waals surface area contributed by atoms with Gasteiger partial charge in [0.15, 0.2) is 5.65 Å². The highest BCUT2D eigenvalue weighted by Crippen LogP contribution is 2.48. The average molecular weight is 474 g/mol. The van der Waals surface area contributed by atoms with Crippen LogP contribution < -0.4 is 0 Å². The molecule has 3 aromatic heterocycles. The Hall–Kier alpha value is -4.01. The van der Waals surface area contributed by atoms with E-state index in [-0.39, 0.29) is 11.8 Å². The first-order chi connectivity index (χ1) is 16.9. The molecule has 1 fully saturated rings. The Balaban J connectivity index is 1.31. The number of nitrogens with zero attached hydrogens (tertiary/aromatic N) is 5. The van der Waals surface area contributed by atoms with E-state index in [9.17, 15) is 9.59 Å². The molecule has 1 aromatic carbocycles. The first-order valence-electron chi connectivity index (χ1n) is 11.8. The zero-order valence-corrected chi connectivity index (χ0v) is 19.2. The molecule has 1 aliphatic carbocycles. The Labute approximate surface area is 200 Å². The lowest BCUT2D eigenvalue weighted by atomic mass is 10.0. The molecule has 4 aromatic rings. The largest absolute Gasteiger partial charge is 0.481 e. The molecule has 4 heterocycles. The Bertz CT molecular complexity index is 1490. The van der Waals surface area contributed by atoms with Crippen molar-refractivity contribution in [3.63, 3.8) is 0 Å². The van der Waals surface area contributed by atoms with E-state index in [1.54, 1.807) is 33.7 Å². The van der Waals surface area contributed by atoms with Gasteiger partial charge < -0.3 is 14.6 Å². The molecule has 178 valence electrons. The lowest BCUT2D eigenvalue weighted by Crippen LogP contribution is -2.38. The van der Waals surface area contributed by atoms with Gasteiger partial charge in [-0.2, -0.15) is 5.10 Å². The molecule has 9 heteroatoms. The fourth-order valence-corrected chi connectivity index (χ4v) is 4.99. The molecule has 35 heavy (non-hydrogen) atoms. The van der Waals surface area contributed by atoms with Crippen molar-refractivity contribution in [2.75, 3.05) is 6.54 Å². The smallest absolute Gasteiger partial charge is 0.307 e. The summed E-state index contributed by atoms with van der Waals surface area (Å²) < 4.78 is 18.8. The number of hydrogen-bond donors (Lipinski definition) is 1. The number of fused-ring (bicyclic) bond motifs is 2. The molecule has 2 atom stereocenters. The summed E-state index contributed by atoms with van der Waals surface area (Å²) >= 11 is 0. The maximum atomic E-state index is 15.0. The Kier molecular flexibility index (Phi) is 4.94. The van der Waals surface area contributed by atoms with E-state index in [0.29, 0.717) is 54.1 Å². The van der Waals surface area contributed by atoms with Crippen molar-refractivity contribution < 1.29 is 19.1 Å². The van der Waals surface area contributed by atoms with Crippen LogP contribution in [0.15, 0.2) is 48.7 Å². The second-order valence-corrected chi connectivity index (χ2v) is 9.23. The quantitative estimate of drug-likeness (QED) is 0.477. The summed E-state index contributed by atoms with van der Waals surface area (Å²) in [4.78, 5) is 30.8. The number of carboxylic acid groups (broad SMARTS) is 1. The number of amides is 1. The maximum absolute atomic E-state index is 15.0. The minimum atomic E-state index is -0.845. The minimum absolute atomic E-state index is 0.134. The molecular formula is C26H24FN5O3. The zero-order chi connectivity index (χ0) is 24.3. The van der Waals surface area contributed by atoms with E-state index < -0.39 is 17.7 Å². The van der Waals surface area contributed by atoms with E-state index in [4.69, 9.17) is 5.11 Å². The van der Waals surface area contributed by atoms with Crippen LogP contribution in [0, 0.1) is 11.7 Å². The van der Waals surface area contributed by atoms with Crippen LogP contribution in [0.3, 0.4) is 0 Å². The average Bonchev–Trinajstić information content (AvgIpc) is 3.34. The predicted octanol–water partition coefficient (Wildman–Crippen LogP) is 3.74. The van der Waals surface area contributed by atoms with E-state index >= 15 is 4.39 Å². The van der Waals surface area contributed by atoms with Crippen LogP contribution in [0.2, 0.25) is 0 Å². The van der Waals surface area contributed by atoms with Gasteiger partial charge in [0.25, 0.3) is 5.91 Å². The van der Waals surface area contributed by atoms with Crippen molar-refractivity contribution in [1.29, 1.82) is 0 Å². The number of carbonyl (C=O) groups excluding carboxylic acids is 1. The molecule has 1 aliphatic heterocycles. The van der Waals surface area contributed by atoms with E-state index in [0.717, 1.165) is 17.9 Å². The Morgan fingerprint density at radius 1 is 1.17 bits per heavy atom. The van der Waals surface area contributed by atoms with Crippen LogP contribution >= 0.6 is 0 Å². The zero-order valence-electron chi connectivity index (χ0n) is 19.2. The highest BCUT2D eigenvalue weighted by Gasteiger charge is 2.44. The first-order valence-corrected chi connectivity index (χ1v) is 11.8. The number of benzene rings is 1. The third-order valence-corrected chi connectivity index (χ3v) is 7.06. The molecule has 1 unspecified atom stereocenters. The van der Waals surface area contributed by atoms with Crippen LogP contribution in [0.4, 0.5) is 4.39 Å². The molecule has 0 bridgehead atoms. The molecule has 0 saturated heterocycles. The molecule has 0 spiro atoms. The normalized spacial score (nSPS) is 19.1. The molecule has 1 saturated carbocycles. The van der Waals surface area contributed by atoms with Crippen LogP contribution in [-0.4, -0.2) is 47.6 Å². The first kappa shape index (κ1) is 21.5. The van der Waals surface area contributed by atoms with E-state index in [1.165, 1.54) is 6.07 Å². The van der Waals surface area contributed by atoms with Gasteiger partial charge in [-0.3, -0.25) is 9.59 Å². The van der Waals surface area contributed by atoms with Crippen molar-refractivity contribution in [3.05, 3.63) is 77.1 Å². The van der Waals surface area contributed by atoms with E-state index in [2.05, 4.69) is 14.6 Å². The lowest BCUT2D eigenvalue weighted by molar-refractivity contribution is -0.138. The molecular weight excluding hydrogens is 449 g/mol. The molecule has 0 radical (unpaired) electrons. The number of hydrogen-bond acceptors (Lipinski definition) is 4. The lowest BCUT2D eigenvalue weighted by Gasteiger charge is -2.28. The van der Waals surface area contributed by atoms with Gasteiger partial charge in [-0.1, -0.05) is 13.0 Å². The standard InChI is InChI=1S/C26H24FN5O3/c1-2-16-11-23(25(33)31-9-8-30-7-3-4-17(30)14-31)28-24-13-22(29-32(16)24)18-6-5-15(10-21(18)27)19-12-20(19)26(34)35/h3-7,10-11,13,19-20H,2,8-9,12,14H2,1H3,(H,34,35)/t19?,20-/m0/s1. The van der Waals surface area contributed by atoms with Gasteiger partial charge in [-0.15, -0.1) is 0 Å². The highest BCUT2D eigenvalue weighted by molar-refractivity contribution is 5.93. The summed E-state index contributed by atoms with van der Waals surface area (Å²) in [5, 5.41) is 13.7. The second-order valence-electron chi connectivity index (χ2n) is 9.23. The van der Waals surface area contributed by atoms with Gasteiger partial charge >= 0.3 is 5.97 Å². The van der Waals surface area contributed by atoms with Crippen molar-refractivity contribution in [3.8, 4) is 11.3 Å². The summed E-state index contributed by atoms with van der Waals surface area (Å²) in [5.74, 6) is -2.01. The third kappa shape index (κ3) is 3.67. The molecule has 1 N–H and O–H groups in total. The summed E-state index contributed by atoms with van der Waals surface area (Å²) in [6.45, 7) is 3.87. The summed E-state index contributed by atoms with van der Waals surface area (Å²) in [6, 6.07) is 12.3. The monoisotopic (exact) mass is 473 g/mol. The van der Waals surface area contributed by atoms with E-state index in [1.807, 2.05) is 25.3 Å². The number of halogens is 1. The highest BCUT2D eigenvalue weighted by atomic mass is 19.1. The van der Waals surface area contributed by atoms with Crippen LogP contribution in [0.1, 0.15) is 46.7 Å². The number of aliphatic carboxylic acids is 1. The van der Waals surface area contributed by atoms with Crippen LogP contribution in [-0.2, 0) is 24.3 Å². The Morgan fingerprint density at radius 3 is 2.77 bits per heavy atom. The van der Waals surface area contributed by atoms with Crippen LogP contribution in [0.25, 0.3) is 16.9 Å². The molecule has 6 rings (SSSR count). The number of carboxylic acids is 1. The summed E-state index contributed by atoms with van der Waals surface area (Å²) in [7, 11) is 0. The van der Waals surface area contributed by atoms with Crippen molar-refractivity contribution >= 4 is 17.5 Å². The Morgan fingerprint density at radius 2 is 2.03 bits per heavy atom. The molecule has 1 amide bonds. The predicted molar refractivity (Wildman–Crippen MR) is 125 cm³/mol. The van der Waals surface area contributed by atoms with Crippen molar-refractivity contribution in [2.24, 2.45) is 5.92 Å². The third-order valence-electron chi connectivity index (χ3n) is 7.06. The fraction of sp³-hybridized carbons (Fsp3) is 0.308. The van der Waals surface area contributed by atoms with Gasteiger partial charge in [0.05, 0.1) is 18.2 Å². The van der Waals surface area contributed by atoms with Crippen molar-refractivity contribution in [1.82, 2.24) is 24.1 Å². The topological polar surface area (TPSA) is 92.7 Å². The van der Waals surface area contributed by atoms with Crippen molar-refractivity contribution in [2.45, 2.75) is 38.8 Å². The number of aryl methyl sites for hydroxylation is 1. The second kappa shape index (κ2) is 8.04. The van der Waals surface area contributed by atoms with Gasteiger partial charge in [-0.25, -0.2) is 13.9 Å². The van der Waals surface area contributed by atoms with Gasteiger partial charge in [0.1, 0.15) is 11.5 Å². The van der Waals surface area contributed by atoms with Gasteiger partial charge in [0, 0.05) is 42.3 Å². The number of aromatic nitrogens is 4. The maximum Gasteiger partial charge on any atom is 0.307 e. The van der Waals surface area contributed by atoms with Gasteiger partial charge in [0.2, 0.25) is 0 Å². The number of carbonyl (C=O) groups is 2. The van der Waals surface area contributed by atoms with Gasteiger partial charge in [-0.05, 0) is 54.7 Å². The summed E-state index contributed by atoms with van der Waals surface area (Å²) in [5.41, 5.74) is 4.16. The SMILES string of the molecule is CCc1cc(C(=O)N2CCn3cccc3C2)nc2cc(-c3ccc(C4C[C@@H]4C(=O)O)cc3F)nn12. The van der Waals surface area contributed by atoms with Crippen LogP contribution in [0.5, 0.6) is 0 Å². The molecule has 2 aliphatic rings. The summed E-state index contributed by atoms with van der Waals surface area (Å²) in [6.07, 6.45) is 3.18. The number of rotatable bonds is 5. The fourth-order valence-electron chi connectivity index (χ4n) is 4.99. The minimum Gasteiger partial charge on any atom is -0.481 e. The molecule has 8 nitrogen and oxygen atoms in total.